The number of aromatic nitrogens is 3. The molecule has 0 radical (unpaired) electrons. The molecule has 0 aliphatic heterocycles. The van der Waals surface area contributed by atoms with E-state index in [2.05, 4.69) is 15.5 Å². The first-order valence-electron chi connectivity index (χ1n) is 3.70. The summed E-state index contributed by atoms with van der Waals surface area (Å²) in [6.45, 7) is 2.19. The lowest BCUT2D eigenvalue weighted by Gasteiger charge is -2.16. The van der Waals surface area contributed by atoms with Crippen LogP contribution in [0.4, 0.5) is 0 Å². The Kier molecular flexibility index (Phi) is 3.15. The molecule has 4 N–H and O–H groups in total. The third kappa shape index (κ3) is 2.26. The second kappa shape index (κ2) is 4.15. The number of aliphatic hydroxyl groups is 1. The van der Waals surface area contributed by atoms with Gasteiger partial charge in [-0.1, -0.05) is 0 Å². The lowest BCUT2D eigenvalue weighted by atomic mass is 10.2. The van der Waals surface area contributed by atoms with Crippen molar-refractivity contribution in [3.05, 3.63) is 12.7 Å². The Balaban J connectivity index is 2.41. The Labute approximate surface area is 70.4 Å². The number of nitrogens with one attached hydrogen (secondary N) is 1. The zero-order valence-electron chi connectivity index (χ0n) is 6.88. The highest BCUT2D eigenvalue weighted by Gasteiger charge is 2.12. The van der Waals surface area contributed by atoms with Crippen LogP contribution in [0.5, 0.6) is 0 Å². The van der Waals surface area contributed by atoms with Crippen LogP contribution in [0.2, 0.25) is 0 Å². The van der Waals surface area contributed by atoms with E-state index < -0.39 is 6.10 Å². The fourth-order valence-corrected chi connectivity index (χ4v) is 0.788. The quantitative estimate of drug-likeness (QED) is 0.378. The van der Waals surface area contributed by atoms with E-state index in [4.69, 9.17) is 5.84 Å². The van der Waals surface area contributed by atoms with E-state index in [1.165, 1.54) is 6.33 Å². The third-order valence-corrected chi connectivity index (χ3v) is 1.68. The van der Waals surface area contributed by atoms with Gasteiger partial charge in [-0.15, -0.1) is 0 Å². The van der Waals surface area contributed by atoms with Crippen LogP contribution < -0.4 is 11.3 Å². The Hall–Kier alpha value is -0.980. The average Bonchev–Trinajstić information content (AvgIpc) is 2.55. The van der Waals surface area contributed by atoms with Crippen LogP contribution in [0.1, 0.15) is 6.92 Å². The van der Waals surface area contributed by atoms with Gasteiger partial charge in [0.25, 0.3) is 0 Å². The summed E-state index contributed by atoms with van der Waals surface area (Å²) in [7, 11) is 0. The number of hydrazine groups is 1. The summed E-state index contributed by atoms with van der Waals surface area (Å²) in [5.41, 5.74) is 2.47. The minimum Gasteiger partial charge on any atom is -0.390 e. The smallest absolute Gasteiger partial charge is 0.137 e. The molecule has 0 bridgehead atoms. The number of hydrogen-bond donors (Lipinski definition) is 3. The second-order valence-electron chi connectivity index (χ2n) is 2.64. The van der Waals surface area contributed by atoms with Gasteiger partial charge in [-0.3, -0.25) is 16.0 Å². The van der Waals surface area contributed by atoms with Crippen LogP contribution in [-0.4, -0.2) is 32.0 Å². The van der Waals surface area contributed by atoms with Gasteiger partial charge in [-0.05, 0) is 6.92 Å². The Morgan fingerprint density at radius 3 is 3.00 bits per heavy atom. The van der Waals surface area contributed by atoms with E-state index in [1.807, 2.05) is 0 Å². The number of nitrogens with zero attached hydrogens (tertiary/aromatic N) is 3. The highest BCUT2D eigenvalue weighted by atomic mass is 16.3. The molecule has 68 valence electrons. The van der Waals surface area contributed by atoms with Crippen molar-refractivity contribution >= 4 is 0 Å². The first-order valence-corrected chi connectivity index (χ1v) is 3.70. The van der Waals surface area contributed by atoms with Gasteiger partial charge in [0.2, 0.25) is 0 Å². The van der Waals surface area contributed by atoms with Crippen LogP contribution in [0.25, 0.3) is 0 Å². The molecular formula is C6H13N5O. The van der Waals surface area contributed by atoms with Gasteiger partial charge in [-0.2, -0.15) is 5.10 Å². The van der Waals surface area contributed by atoms with Gasteiger partial charge >= 0.3 is 0 Å². The van der Waals surface area contributed by atoms with Crippen molar-refractivity contribution in [3.8, 4) is 0 Å². The van der Waals surface area contributed by atoms with Gasteiger partial charge < -0.3 is 5.11 Å². The van der Waals surface area contributed by atoms with Gasteiger partial charge in [0.15, 0.2) is 0 Å². The molecule has 12 heavy (non-hydrogen) atoms. The molecule has 1 rings (SSSR count). The molecule has 2 unspecified atom stereocenters. The zero-order valence-corrected chi connectivity index (χ0v) is 6.88. The molecule has 1 heterocycles. The molecule has 1 aromatic rings. The van der Waals surface area contributed by atoms with E-state index in [0.717, 1.165) is 0 Å². The number of rotatable bonds is 4. The molecule has 6 nitrogen and oxygen atoms in total. The van der Waals surface area contributed by atoms with Gasteiger partial charge in [0.1, 0.15) is 12.7 Å². The predicted octanol–water partition coefficient (Wildman–Crippen LogP) is -1.51. The van der Waals surface area contributed by atoms with Crippen LogP contribution in [0.15, 0.2) is 12.7 Å². The Morgan fingerprint density at radius 2 is 2.50 bits per heavy atom. The summed E-state index contributed by atoms with van der Waals surface area (Å²) >= 11 is 0. The zero-order chi connectivity index (χ0) is 8.97. The molecule has 0 saturated heterocycles. The summed E-state index contributed by atoms with van der Waals surface area (Å²) < 4.78 is 1.55. The van der Waals surface area contributed by atoms with E-state index >= 15 is 0 Å². The van der Waals surface area contributed by atoms with Crippen molar-refractivity contribution in [3.63, 3.8) is 0 Å². The standard InChI is InChI=1S/C6H13N5O/c1-5(10-7)6(12)2-11-4-8-3-9-11/h3-6,10,12H,2,7H2,1H3. The lowest BCUT2D eigenvalue weighted by molar-refractivity contribution is 0.112. The highest BCUT2D eigenvalue weighted by Crippen LogP contribution is 1.94. The van der Waals surface area contributed by atoms with Gasteiger partial charge in [-0.25, -0.2) is 4.98 Å². The maximum atomic E-state index is 9.46. The second-order valence-corrected chi connectivity index (χ2v) is 2.64. The molecule has 0 aliphatic carbocycles. The SMILES string of the molecule is CC(NN)C(O)Cn1cncn1. The first-order chi connectivity index (χ1) is 5.74. The number of hydrogen-bond acceptors (Lipinski definition) is 5. The van der Waals surface area contributed by atoms with Crippen molar-refractivity contribution in [2.45, 2.75) is 25.6 Å². The molecule has 0 spiro atoms. The summed E-state index contributed by atoms with van der Waals surface area (Å²) in [6, 6.07) is -0.158. The fourth-order valence-electron chi connectivity index (χ4n) is 0.788. The number of aliphatic hydroxyl groups excluding tert-OH is 1. The Bertz CT molecular complexity index is 212. The first kappa shape index (κ1) is 9.11. The van der Waals surface area contributed by atoms with Crippen LogP contribution in [0, 0.1) is 0 Å². The molecule has 0 amide bonds. The molecule has 0 aliphatic rings. The predicted molar refractivity (Wildman–Crippen MR) is 42.8 cm³/mol. The average molecular weight is 171 g/mol. The normalized spacial score (nSPS) is 15.9. The Morgan fingerprint density at radius 1 is 1.75 bits per heavy atom. The summed E-state index contributed by atoms with van der Waals surface area (Å²) in [4.78, 5) is 3.75. The lowest BCUT2D eigenvalue weighted by Crippen LogP contribution is -2.43. The number of nitrogens with two attached hydrogens (primary N) is 1. The molecule has 6 heteroatoms. The minimum atomic E-state index is -0.559. The van der Waals surface area contributed by atoms with Crippen molar-refractivity contribution in [1.29, 1.82) is 0 Å². The van der Waals surface area contributed by atoms with Crippen LogP contribution >= 0.6 is 0 Å². The minimum absolute atomic E-state index is 0.158. The maximum absolute atomic E-state index is 9.46. The molecule has 0 saturated carbocycles. The molecule has 0 fully saturated rings. The van der Waals surface area contributed by atoms with Crippen molar-refractivity contribution in [1.82, 2.24) is 20.2 Å². The van der Waals surface area contributed by atoms with Crippen LogP contribution in [0.3, 0.4) is 0 Å². The van der Waals surface area contributed by atoms with E-state index in [0.29, 0.717) is 6.54 Å². The fraction of sp³-hybridized carbons (Fsp3) is 0.667. The monoisotopic (exact) mass is 171 g/mol. The summed E-state index contributed by atoms with van der Waals surface area (Å²) in [6.07, 6.45) is 2.41. The van der Waals surface area contributed by atoms with Crippen LogP contribution in [-0.2, 0) is 6.54 Å². The topological polar surface area (TPSA) is 89.0 Å². The summed E-state index contributed by atoms with van der Waals surface area (Å²) in [5, 5.41) is 13.3. The van der Waals surface area contributed by atoms with E-state index in [-0.39, 0.29) is 6.04 Å². The highest BCUT2D eigenvalue weighted by molar-refractivity contribution is 4.69. The molecular weight excluding hydrogens is 158 g/mol. The molecule has 1 aromatic heterocycles. The largest absolute Gasteiger partial charge is 0.390 e. The van der Waals surface area contributed by atoms with E-state index in [9.17, 15) is 5.11 Å². The molecule has 0 aromatic carbocycles. The van der Waals surface area contributed by atoms with Crippen molar-refractivity contribution in [2.24, 2.45) is 5.84 Å². The third-order valence-electron chi connectivity index (χ3n) is 1.68. The van der Waals surface area contributed by atoms with Gasteiger partial charge in [0.05, 0.1) is 12.6 Å². The summed E-state index contributed by atoms with van der Waals surface area (Å²) in [5.74, 6) is 5.15. The van der Waals surface area contributed by atoms with Crippen molar-refractivity contribution < 1.29 is 5.11 Å². The van der Waals surface area contributed by atoms with Crippen molar-refractivity contribution in [2.75, 3.05) is 0 Å². The molecule has 2 atom stereocenters. The van der Waals surface area contributed by atoms with E-state index in [1.54, 1.807) is 17.9 Å². The van der Waals surface area contributed by atoms with Gasteiger partial charge in [0, 0.05) is 6.04 Å². The maximum Gasteiger partial charge on any atom is 0.137 e.